The van der Waals surface area contributed by atoms with E-state index in [1.165, 1.54) is 5.69 Å². The summed E-state index contributed by atoms with van der Waals surface area (Å²) in [5.41, 5.74) is 3.37. The number of anilines is 3. The lowest BCUT2D eigenvalue weighted by atomic mass is 10.1. The number of benzene rings is 1. The van der Waals surface area contributed by atoms with Crippen molar-refractivity contribution >= 4 is 40.0 Å². The van der Waals surface area contributed by atoms with Crippen LogP contribution in [0.5, 0.6) is 0 Å². The van der Waals surface area contributed by atoms with Gasteiger partial charge in [-0.2, -0.15) is 4.98 Å². The monoisotopic (exact) mass is 466 g/mol. The minimum atomic E-state index is -0.151. The van der Waals surface area contributed by atoms with Gasteiger partial charge in [0.25, 0.3) is 5.56 Å². The second-order valence-electron chi connectivity index (χ2n) is 9.53. The molecule has 0 bridgehead atoms. The van der Waals surface area contributed by atoms with Gasteiger partial charge in [-0.3, -0.25) is 9.36 Å². The Morgan fingerprint density at radius 1 is 1.09 bits per heavy atom. The fourth-order valence-electron chi connectivity index (χ4n) is 5.29. The topological polar surface area (TPSA) is 75.1 Å². The quantitative estimate of drug-likeness (QED) is 0.575. The van der Waals surface area contributed by atoms with Gasteiger partial charge >= 0.3 is 0 Å². The molecule has 2 aromatic heterocycles. The van der Waals surface area contributed by atoms with E-state index in [0.717, 1.165) is 55.4 Å². The van der Waals surface area contributed by atoms with Crippen molar-refractivity contribution in [1.82, 2.24) is 19.9 Å². The van der Waals surface area contributed by atoms with Crippen LogP contribution in [-0.4, -0.2) is 39.7 Å². The summed E-state index contributed by atoms with van der Waals surface area (Å²) in [6, 6.07) is 9.44. The van der Waals surface area contributed by atoms with Crippen LogP contribution in [0.4, 0.5) is 17.3 Å². The van der Waals surface area contributed by atoms with Crippen LogP contribution in [0.25, 0.3) is 11.0 Å². The normalized spacial score (nSPS) is 21.6. The summed E-state index contributed by atoms with van der Waals surface area (Å²) in [7, 11) is 0. The Morgan fingerprint density at radius 3 is 2.42 bits per heavy atom. The number of nitrogens with one attached hydrogen (secondary N) is 2. The van der Waals surface area contributed by atoms with Gasteiger partial charge in [0, 0.05) is 54.2 Å². The first-order valence-corrected chi connectivity index (χ1v) is 12.2. The van der Waals surface area contributed by atoms with Crippen LogP contribution in [0, 0.1) is 6.92 Å². The van der Waals surface area contributed by atoms with Crippen molar-refractivity contribution in [3.05, 3.63) is 51.4 Å². The third-order valence-electron chi connectivity index (χ3n) is 6.87. The van der Waals surface area contributed by atoms with E-state index in [1.807, 2.05) is 6.92 Å². The molecule has 0 radical (unpaired) electrons. The maximum Gasteiger partial charge on any atom is 0.271 e. The molecule has 0 spiro atoms. The standard InChI is InChI=1S/C25H31ClN6O/c1-15-13-31(14-16(2)28-15)19-10-8-18(9-11-19)29-25-27-12-21-17(3)22(26)24(33)32(23(21)30-25)20-6-4-5-7-20/h8-12,15-16,20,28H,4-7,13-14H2,1-3H3,(H,27,29,30). The minimum Gasteiger partial charge on any atom is -0.368 e. The van der Waals surface area contributed by atoms with Crippen molar-refractivity contribution in [3.63, 3.8) is 0 Å². The molecular weight excluding hydrogens is 436 g/mol. The SMILES string of the molecule is Cc1c(Cl)c(=O)n(C2CCCC2)c2nc(Nc3ccc(N4CC(C)NC(C)C4)cc3)ncc12. The number of halogens is 1. The second kappa shape index (κ2) is 8.95. The van der Waals surface area contributed by atoms with Gasteiger partial charge in [0.1, 0.15) is 10.7 Å². The van der Waals surface area contributed by atoms with Crippen LogP contribution in [0.2, 0.25) is 5.02 Å². The van der Waals surface area contributed by atoms with Gasteiger partial charge < -0.3 is 15.5 Å². The Balaban J connectivity index is 1.44. The molecule has 7 nitrogen and oxygen atoms in total. The lowest BCUT2D eigenvalue weighted by Crippen LogP contribution is -2.54. The average molecular weight is 467 g/mol. The maximum absolute atomic E-state index is 13.0. The number of piperazine rings is 1. The second-order valence-corrected chi connectivity index (χ2v) is 9.91. The van der Waals surface area contributed by atoms with Crippen LogP contribution < -0.4 is 21.1 Å². The van der Waals surface area contributed by atoms with Crippen LogP contribution in [0.3, 0.4) is 0 Å². The van der Waals surface area contributed by atoms with E-state index in [9.17, 15) is 4.79 Å². The van der Waals surface area contributed by atoms with Crippen molar-refractivity contribution in [3.8, 4) is 0 Å². The Morgan fingerprint density at radius 2 is 1.76 bits per heavy atom. The summed E-state index contributed by atoms with van der Waals surface area (Å²) >= 11 is 6.39. The summed E-state index contributed by atoms with van der Waals surface area (Å²) in [6.07, 6.45) is 5.97. The zero-order chi connectivity index (χ0) is 23.1. The summed E-state index contributed by atoms with van der Waals surface area (Å²) in [6.45, 7) is 8.28. The van der Waals surface area contributed by atoms with Crippen LogP contribution >= 0.6 is 11.6 Å². The molecule has 1 aliphatic heterocycles. The highest BCUT2D eigenvalue weighted by Crippen LogP contribution is 2.32. The molecule has 1 saturated carbocycles. The molecule has 33 heavy (non-hydrogen) atoms. The molecule has 2 fully saturated rings. The molecule has 5 rings (SSSR count). The number of rotatable bonds is 4. The molecule has 3 heterocycles. The molecule has 2 aliphatic rings. The first-order valence-electron chi connectivity index (χ1n) is 11.9. The number of fused-ring (bicyclic) bond motifs is 1. The van der Waals surface area contributed by atoms with Gasteiger partial charge in [0.05, 0.1) is 0 Å². The van der Waals surface area contributed by atoms with Crippen molar-refractivity contribution in [2.75, 3.05) is 23.3 Å². The summed E-state index contributed by atoms with van der Waals surface area (Å²) in [5.74, 6) is 0.479. The molecule has 1 aliphatic carbocycles. The van der Waals surface area contributed by atoms with E-state index in [0.29, 0.717) is 23.7 Å². The van der Waals surface area contributed by atoms with E-state index in [4.69, 9.17) is 16.6 Å². The van der Waals surface area contributed by atoms with Crippen LogP contribution in [-0.2, 0) is 0 Å². The fraction of sp³-hybridized carbons (Fsp3) is 0.480. The highest BCUT2D eigenvalue weighted by Gasteiger charge is 2.24. The predicted molar refractivity (Wildman–Crippen MR) is 135 cm³/mol. The molecule has 1 aromatic carbocycles. The van der Waals surface area contributed by atoms with Crippen molar-refractivity contribution in [2.45, 2.75) is 64.6 Å². The zero-order valence-corrected chi connectivity index (χ0v) is 20.2. The molecule has 174 valence electrons. The molecule has 3 aromatic rings. The van der Waals surface area contributed by atoms with Gasteiger partial charge in [0.2, 0.25) is 5.95 Å². The Bertz CT molecular complexity index is 1210. The molecule has 0 amide bonds. The first kappa shape index (κ1) is 22.2. The smallest absolute Gasteiger partial charge is 0.271 e. The van der Waals surface area contributed by atoms with E-state index in [1.54, 1.807) is 10.8 Å². The number of nitrogens with zero attached hydrogens (tertiary/aromatic N) is 4. The third-order valence-corrected chi connectivity index (χ3v) is 7.32. The van der Waals surface area contributed by atoms with Crippen molar-refractivity contribution in [1.29, 1.82) is 0 Å². The molecule has 2 atom stereocenters. The number of aryl methyl sites for hydroxylation is 1. The first-order chi connectivity index (χ1) is 15.9. The number of pyridine rings is 1. The summed E-state index contributed by atoms with van der Waals surface area (Å²) < 4.78 is 1.79. The number of hydrogen-bond donors (Lipinski definition) is 2. The van der Waals surface area contributed by atoms with Gasteiger partial charge in [-0.25, -0.2) is 4.98 Å². The number of aromatic nitrogens is 3. The van der Waals surface area contributed by atoms with Crippen LogP contribution in [0.15, 0.2) is 35.3 Å². The van der Waals surface area contributed by atoms with E-state index < -0.39 is 0 Å². The molecule has 8 heteroatoms. The summed E-state index contributed by atoms with van der Waals surface area (Å²) in [4.78, 5) is 24.7. The lowest BCUT2D eigenvalue weighted by Gasteiger charge is -2.37. The molecule has 2 unspecified atom stereocenters. The predicted octanol–water partition coefficient (Wildman–Crippen LogP) is 4.80. The molecule has 2 N–H and O–H groups in total. The Kier molecular flexibility index (Phi) is 6.01. The summed E-state index contributed by atoms with van der Waals surface area (Å²) in [5, 5.41) is 7.98. The lowest BCUT2D eigenvalue weighted by molar-refractivity contribution is 0.407. The largest absolute Gasteiger partial charge is 0.368 e. The van der Waals surface area contributed by atoms with Gasteiger partial charge in [-0.15, -0.1) is 0 Å². The zero-order valence-electron chi connectivity index (χ0n) is 19.4. The van der Waals surface area contributed by atoms with E-state index in [-0.39, 0.29) is 16.6 Å². The minimum absolute atomic E-state index is 0.143. The van der Waals surface area contributed by atoms with Gasteiger partial charge in [-0.05, 0) is 63.4 Å². The molecule has 1 saturated heterocycles. The highest BCUT2D eigenvalue weighted by atomic mass is 35.5. The van der Waals surface area contributed by atoms with Crippen molar-refractivity contribution < 1.29 is 0 Å². The van der Waals surface area contributed by atoms with E-state index in [2.05, 4.69) is 58.6 Å². The Hall–Kier alpha value is -2.64. The molecular formula is C25H31ClN6O. The van der Waals surface area contributed by atoms with E-state index >= 15 is 0 Å². The third kappa shape index (κ3) is 4.32. The van der Waals surface area contributed by atoms with Crippen molar-refractivity contribution in [2.24, 2.45) is 0 Å². The van der Waals surface area contributed by atoms with Crippen LogP contribution in [0.1, 0.15) is 51.1 Å². The Labute approximate surface area is 199 Å². The van der Waals surface area contributed by atoms with Gasteiger partial charge in [-0.1, -0.05) is 24.4 Å². The average Bonchev–Trinajstić information content (AvgIpc) is 3.32. The maximum atomic E-state index is 13.0. The fourth-order valence-corrected chi connectivity index (χ4v) is 5.48. The van der Waals surface area contributed by atoms with Gasteiger partial charge in [0.15, 0.2) is 0 Å². The highest BCUT2D eigenvalue weighted by molar-refractivity contribution is 6.32. The number of hydrogen-bond acceptors (Lipinski definition) is 6.